The molecule has 12 atom stereocenters. The van der Waals surface area contributed by atoms with E-state index in [2.05, 4.69) is 37.1 Å². The van der Waals surface area contributed by atoms with Crippen molar-refractivity contribution in [3.05, 3.63) is 0 Å². The van der Waals surface area contributed by atoms with Crippen LogP contribution in [0.5, 0.6) is 0 Å². The van der Waals surface area contributed by atoms with Crippen molar-refractivity contribution in [2.24, 2.45) is 9.98 Å². The summed E-state index contributed by atoms with van der Waals surface area (Å²) in [7, 11) is -36.3. The Balaban J connectivity index is 1.58. The molecule has 6 N–H and O–H groups in total. The zero-order chi connectivity index (χ0) is 57.7. The van der Waals surface area contributed by atoms with Crippen molar-refractivity contribution < 1.29 is 182 Å². The van der Waals surface area contributed by atoms with Crippen molar-refractivity contribution in [2.75, 3.05) is 99.0 Å². The zero-order valence-electron chi connectivity index (χ0n) is 38.6. The zero-order valence-corrected chi connectivity index (χ0v) is 43.9. The number of hydrogen-bond acceptors (Lipinski definition) is 38. The molecule has 0 aromatic heterocycles. The van der Waals surface area contributed by atoms with E-state index in [0.717, 1.165) is 0 Å². The molecule has 2 aliphatic rings. The number of aliphatic hydroxyl groups excluding tert-OH is 4. The Morgan fingerprint density at radius 3 is 0.947 bits per heavy atom. The fourth-order valence-corrected chi connectivity index (χ4v) is 9.74. The molecule has 76 heavy (non-hydrogen) atoms. The molecule has 0 amide bonds. The lowest BCUT2D eigenvalue weighted by Crippen LogP contribution is -2.66. The summed E-state index contributed by atoms with van der Waals surface area (Å²) in [4.78, 5) is 138. The molecule has 0 aromatic carbocycles. The summed E-state index contributed by atoms with van der Waals surface area (Å²) in [6, 6.07) is 0. The molecule has 0 unspecified atom stereocenters. The molecular formula is C30H50N2O38P6-12. The minimum absolute atomic E-state index is 0.0296. The number of aliphatic imine (C=N–C) groups is 2. The molecular weight excluding hydrogens is 1180 g/mol. The number of rotatable bonds is 38. The summed E-state index contributed by atoms with van der Waals surface area (Å²) in [5, 5.41) is 66.1. The van der Waals surface area contributed by atoms with E-state index in [9.17, 15) is 107 Å². The highest BCUT2D eigenvalue weighted by Crippen LogP contribution is 2.47. The monoisotopic (exact) mass is 1230 g/mol. The number of aliphatic hydroxyl groups is 4. The minimum atomic E-state index is -6.18. The molecule has 40 nitrogen and oxygen atoms in total. The second kappa shape index (κ2) is 33.2. The van der Waals surface area contributed by atoms with Crippen LogP contribution in [0, 0.1) is 0 Å². The van der Waals surface area contributed by atoms with Gasteiger partial charge in [0.2, 0.25) is 0 Å². The van der Waals surface area contributed by atoms with Crippen LogP contribution >= 0.6 is 46.9 Å². The van der Waals surface area contributed by atoms with Gasteiger partial charge in [-0.05, 0) is 12.3 Å². The van der Waals surface area contributed by atoms with Crippen LogP contribution in [-0.2, 0) is 92.4 Å². The second-order valence-corrected chi connectivity index (χ2v) is 21.6. The predicted molar refractivity (Wildman–Crippen MR) is 212 cm³/mol. The molecule has 2 saturated carbocycles. The van der Waals surface area contributed by atoms with E-state index >= 15 is 0 Å². The number of phosphoric acid groups is 6. The van der Waals surface area contributed by atoms with Crippen LogP contribution in [0.2, 0.25) is 0 Å². The van der Waals surface area contributed by atoms with Crippen molar-refractivity contribution in [3.8, 4) is 0 Å². The van der Waals surface area contributed by atoms with Gasteiger partial charge < -0.3 is 178 Å². The third-order valence-electron chi connectivity index (χ3n) is 9.23. The molecule has 2 aliphatic carbocycles. The standard InChI is InChI=1S/C30H62N2O38P6/c33-17(31-2-5-62-22-18(34)26(67-73(45,46)47)28(69-75(51,52)53)20(36)24(22)65-71(39,40)41)1-4-57-7-8-58-9-10-59-11-12-60-13-14-61-15-16-64-30(38)32-3-6-63-23-19(35)27(68-74(48,49)50)29(70-76(54,55)56)21(37)25(23)66-72(42,43)44/h18-29,34-37H,1-16H2,(H,31,33)(H,32,38)(H2,39,40,41)(H2,42,43,44)(H2,45,46,47)(H2,48,49,50)(H2,51,52,53)(H2,54,55,56)/p-12/t18-,19-,20-,21-,22+,23+,24-,25-,26+,27+,28+,29+/m0/s1. The van der Waals surface area contributed by atoms with Gasteiger partial charge in [-0.1, -0.05) is 0 Å². The van der Waals surface area contributed by atoms with Crippen LogP contribution in [0.3, 0.4) is 0 Å². The molecule has 0 radical (unpaired) electrons. The van der Waals surface area contributed by atoms with Crippen molar-refractivity contribution in [3.63, 3.8) is 0 Å². The van der Waals surface area contributed by atoms with Gasteiger partial charge in [0.05, 0.1) is 131 Å². The fraction of sp³-hybridized carbons (Fsp3) is 0.933. The SMILES string of the molecule is O=P([O-])([O-])O[C@@H]1[C@@H](O)[C@@H](OCCN=C([O-])CCOCCOCCOCCOCCOCCOC([O-])=NCCO[C@@H]2[C@H](O)[C@@H](OP(=O)([O-])[O-])[C@H](OP(=O)(O)O)[C@@H](O)[C@@H]2OP(=O)([O-])[O-])[C@@H](OP(=O)([O-])[O-])[C@H](O)[C@H]1OP(=O)([O-])[O-]. The predicted octanol–water partition coefficient (Wildman–Crippen LogP) is -14.3. The highest BCUT2D eigenvalue weighted by Gasteiger charge is 2.56. The Labute approximate surface area is 428 Å². The lowest BCUT2D eigenvalue weighted by molar-refractivity contribution is -0.372. The molecule has 0 saturated heterocycles. The van der Waals surface area contributed by atoms with E-state index in [1.165, 1.54) is 0 Å². The first-order valence-corrected chi connectivity index (χ1v) is 30.0. The molecule has 2 fully saturated rings. The smallest absolute Gasteiger partial charge is 0.470 e. The Hall–Kier alpha value is -1.04. The summed E-state index contributed by atoms with van der Waals surface area (Å²) in [6.07, 6.45) is -32.6. The van der Waals surface area contributed by atoms with Crippen molar-refractivity contribution in [1.29, 1.82) is 0 Å². The van der Waals surface area contributed by atoms with Gasteiger partial charge in [0.25, 0.3) is 0 Å². The van der Waals surface area contributed by atoms with Gasteiger partial charge in [0, 0.05) is 6.61 Å². The Kier molecular flexibility index (Phi) is 31.0. The highest BCUT2D eigenvalue weighted by atomic mass is 31.2. The quantitative estimate of drug-likeness (QED) is 0.0145. The van der Waals surface area contributed by atoms with Crippen LogP contribution in [-0.4, -0.2) is 214 Å². The molecule has 0 bridgehead atoms. The third kappa shape index (κ3) is 30.1. The average Bonchev–Trinajstić information content (AvgIpc) is 3.26. The molecule has 0 heterocycles. The molecule has 0 aliphatic heterocycles. The normalized spacial score (nSPS) is 27.7. The van der Waals surface area contributed by atoms with E-state index in [-0.39, 0.29) is 79.1 Å². The van der Waals surface area contributed by atoms with Gasteiger partial charge in [-0.2, -0.15) is 0 Å². The number of hydrogen-bond donors (Lipinski definition) is 6. The Bertz CT molecular complexity index is 1920. The Morgan fingerprint density at radius 1 is 0.368 bits per heavy atom. The Morgan fingerprint density at radius 2 is 0.632 bits per heavy atom. The third-order valence-corrected chi connectivity index (χ3v) is 12.3. The summed E-state index contributed by atoms with van der Waals surface area (Å²) in [5.41, 5.74) is 0. The van der Waals surface area contributed by atoms with Crippen LogP contribution in [0.4, 0.5) is 0 Å². The molecule has 450 valence electrons. The van der Waals surface area contributed by atoms with Crippen LogP contribution in [0.1, 0.15) is 6.42 Å². The van der Waals surface area contributed by atoms with Gasteiger partial charge in [-0.25, -0.2) is 4.57 Å². The molecule has 0 spiro atoms. The summed E-state index contributed by atoms with van der Waals surface area (Å²) < 4.78 is 133. The van der Waals surface area contributed by atoms with E-state index < -0.39 is 158 Å². The second-order valence-electron chi connectivity index (χ2n) is 14.9. The first-order chi connectivity index (χ1) is 35.0. The van der Waals surface area contributed by atoms with Gasteiger partial charge in [-0.3, -0.25) is 9.52 Å². The molecule has 2 rings (SSSR count). The highest BCUT2D eigenvalue weighted by molar-refractivity contribution is 7.46. The first-order valence-electron chi connectivity index (χ1n) is 21.1. The van der Waals surface area contributed by atoms with Gasteiger partial charge in [0.15, 0.2) is 0 Å². The fourth-order valence-electron chi connectivity index (χ4n) is 6.47. The van der Waals surface area contributed by atoms with Crippen molar-refractivity contribution in [1.82, 2.24) is 0 Å². The van der Waals surface area contributed by atoms with Crippen LogP contribution < -0.4 is 59.1 Å². The number of ether oxygens (including phenoxy) is 8. The first kappa shape index (κ1) is 71.1. The number of nitrogens with zero attached hydrogens (tertiary/aromatic N) is 2. The lowest BCUT2D eigenvalue weighted by atomic mass is 9.85. The van der Waals surface area contributed by atoms with E-state index in [1.54, 1.807) is 0 Å². The summed E-state index contributed by atoms with van der Waals surface area (Å²) in [6.45, 7) is -2.46. The van der Waals surface area contributed by atoms with E-state index in [0.29, 0.717) is 0 Å². The molecule has 46 heteroatoms. The van der Waals surface area contributed by atoms with Gasteiger partial charge in [0.1, 0.15) is 79.3 Å². The van der Waals surface area contributed by atoms with Crippen molar-refractivity contribution >= 4 is 58.9 Å². The van der Waals surface area contributed by atoms with Gasteiger partial charge in [-0.15, -0.1) is 0 Å². The minimum Gasteiger partial charge on any atom is -0.862 e. The maximum atomic E-state index is 12.1. The van der Waals surface area contributed by atoms with E-state index in [1.807, 2.05) is 0 Å². The van der Waals surface area contributed by atoms with Crippen LogP contribution in [0.15, 0.2) is 9.98 Å². The maximum absolute atomic E-state index is 12.1. The lowest BCUT2D eigenvalue weighted by Gasteiger charge is -2.52. The van der Waals surface area contributed by atoms with Gasteiger partial charge >= 0.3 is 7.82 Å². The largest absolute Gasteiger partial charge is 0.862 e. The number of phosphoric ester groups is 6. The maximum Gasteiger partial charge on any atom is 0.470 e. The van der Waals surface area contributed by atoms with E-state index in [4.69, 9.17) is 47.7 Å². The van der Waals surface area contributed by atoms with Crippen molar-refractivity contribution in [2.45, 2.75) is 79.7 Å². The molecule has 0 aromatic rings. The van der Waals surface area contributed by atoms with Crippen LogP contribution in [0.25, 0.3) is 0 Å². The average molecular weight is 1230 g/mol. The summed E-state index contributed by atoms with van der Waals surface area (Å²) >= 11 is 0. The summed E-state index contributed by atoms with van der Waals surface area (Å²) in [5.74, 6) is -0.768. The topological polar surface area (TPSA) is 654 Å².